The Labute approximate surface area is 386 Å². The number of ether oxygens (including phenoxy) is 2. The molecule has 2 amide bonds. The van der Waals surface area contributed by atoms with Gasteiger partial charge in [0.05, 0.1) is 52.9 Å². The van der Waals surface area contributed by atoms with Gasteiger partial charge in [-0.1, -0.05) is 0 Å². The Morgan fingerprint density at radius 3 is 1.40 bits per heavy atom. The van der Waals surface area contributed by atoms with Crippen LogP contribution >= 0.6 is 0 Å². The molecular weight excluding hydrogens is 903 g/mol. The summed E-state index contributed by atoms with van der Waals surface area (Å²) in [6.45, 7) is 10.4. The van der Waals surface area contributed by atoms with Gasteiger partial charge in [-0.15, -0.1) is 0 Å². The van der Waals surface area contributed by atoms with Crippen molar-refractivity contribution < 1.29 is 50.5 Å². The molecule has 2 aliphatic heterocycles. The Morgan fingerprint density at radius 1 is 0.618 bits per heavy atom. The number of β-amino-alcohol motifs (C(OH)–C–C–N with tert-alkyl or cyclic N) is 1. The summed E-state index contributed by atoms with van der Waals surface area (Å²) in [6.07, 6.45) is -5.88. The molecule has 2 aliphatic rings. The van der Waals surface area contributed by atoms with Gasteiger partial charge in [-0.25, -0.2) is 19.9 Å². The standard InChI is InChI=1S/C23H25F3N6O3.C22H23F3N6O2/c1-15-19-12-17(29-20(34)14-35-18-4-2-16(3-5-18)23(24,25)26)13-27-21(19)30-22(28-15)32-8-6-31(7-9-32)10-11-33;1-14-18-11-16(12-26-20(18)29-21(27-14)31-9-7-30(2)8-10-31)28-19(32)13-33-17-5-3-15(4-6-17)22(23,24)25/h2-5,12-13,33H,6-11,14H2,1H3,(H,29,34);3-6,11-12H,7-10,13H2,1-2H3,(H,28,32). The Balaban J connectivity index is 0.000000202. The minimum atomic E-state index is -4.43. The van der Waals surface area contributed by atoms with Gasteiger partial charge in [0.2, 0.25) is 11.9 Å². The van der Waals surface area contributed by atoms with Crippen molar-refractivity contribution >= 4 is 57.2 Å². The minimum absolute atomic E-state index is 0.134. The van der Waals surface area contributed by atoms with Crippen molar-refractivity contribution in [1.82, 2.24) is 39.7 Å². The Morgan fingerprint density at radius 2 is 1.01 bits per heavy atom. The van der Waals surface area contributed by atoms with Gasteiger partial charge in [-0.05, 0) is 81.6 Å². The predicted octanol–water partition coefficient (Wildman–Crippen LogP) is 5.61. The van der Waals surface area contributed by atoms with Crippen molar-refractivity contribution in [3.8, 4) is 11.5 Å². The van der Waals surface area contributed by atoms with E-state index in [0.717, 1.165) is 82.3 Å². The van der Waals surface area contributed by atoms with Crippen molar-refractivity contribution in [3.63, 3.8) is 0 Å². The first-order chi connectivity index (χ1) is 32.4. The van der Waals surface area contributed by atoms with Gasteiger partial charge in [-0.2, -0.15) is 36.3 Å². The number of nitrogens with one attached hydrogen (secondary N) is 2. The third-order valence-electron chi connectivity index (χ3n) is 11.0. The lowest BCUT2D eigenvalue weighted by Gasteiger charge is -2.34. The van der Waals surface area contributed by atoms with E-state index in [-0.39, 0.29) is 31.3 Å². The van der Waals surface area contributed by atoms with Crippen molar-refractivity contribution in [2.45, 2.75) is 26.2 Å². The monoisotopic (exact) mass is 950 g/mol. The quantitative estimate of drug-likeness (QED) is 0.129. The molecule has 68 heavy (non-hydrogen) atoms. The molecule has 0 saturated carbocycles. The Bertz CT molecular complexity index is 2700. The predicted molar refractivity (Wildman–Crippen MR) is 241 cm³/mol. The number of carbonyl (C=O) groups excluding carboxylic acids is 2. The number of rotatable bonds is 12. The number of piperazine rings is 2. The van der Waals surface area contributed by atoms with Gasteiger partial charge in [0, 0.05) is 69.7 Å². The van der Waals surface area contributed by atoms with E-state index in [4.69, 9.17) is 14.6 Å². The molecule has 0 atom stereocenters. The number of aromatic nitrogens is 6. The first-order valence-corrected chi connectivity index (χ1v) is 21.4. The molecule has 6 heterocycles. The molecule has 0 radical (unpaired) electrons. The molecule has 23 heteroatoms. The number of likely N-dealkylation sites (N-methyl/N-ethyl adjacent to an activating group) is 1. The van der Waals surface area contributed by atoms with Crippen molar-refractivity contribution in [1.29, 1.82) is 0 Å². The van der Waals surface area contributed by atoms with E-state index in [9.17, 15) is 35.9 Å². The van der Waals surface area contributed by atoms with Crippen LogP contribution in [-0.2, 0) is 21.9 Å². The smallest absolute Gasteiger partial charge is 0.416 e. The molecule has 2 saturated heterocycles. The van der Waals surface area contributed by atoms with Gasteiger partial charge < -0.3 is 39.9 Å². The number of benzene rings is 2. The maximum absolute atomic E-state index is 12.6. The average Bonchev–Trinajstić information content (AvgIpc) is 3.31. The second-order valence-electron chi connectivity index (χ2n) is 16.0. The van der Waals surface area contributed by atoms with Crippen molar-refractivity contribution in [3.05, 3.63) is 95.6 Å². The number of pyridine rings is 2. The zero-order valence-electron chi connectivity index (χ0n) is 37.2. The number of aliphatic hydroxyl groups is 1. The van der Waals surface area contributed by atoms with Crippen LogP contribution in [0.15, 0.2) is 73.1 Å². The fraction of sp³-hybridized carbons (Fsp3) is 0.378. The number of aliphatic hydroxyl groups excluding tert-OH is 1. The van der Waals surface area contributed by atoms with E-state index in [1.807, 2.05) is 13.8 Å². The molecule has 0 aliphatic carbocycles. The lowest BCUT2D eigenvalue weighted by Crippen LogP contribution is -2.47. The van der Waals surface area contributed by atoms with Crippen LogP contribution in [0.5, 0.6) is 11.5 Å². The summed E-state index contributed by atoms with van der Waals surface area (Å²) in [5.74, 6) is 0.593. The van der Waals surface area contributed by atoms with E-state index in [2.05, 4.69) is 67.2 Å². The summed E-state index contributed by atoms with van der Waals surface area (Å²) in [7, 11) is 2.08. The number of aryl methyl sites for hydroxylation is 2. The van der Waals surface area contributed by atoms with E-state index >= 15 is 0 Å². The lowest BCUT2D eigenvalue weighted by molar-refractivity contribution is -0.138. The number of nitrogens with zero attached hydrogens (tertiary/aromatic N) is 10. The number of fused-ring (bicyclic) bond motifs is 2. The SMILES string of the molecule is Cc1nc(N2CCN(C)CC2)nc2ncc(NC(=O)COc3ccc(C(F)(F)F)cc3)cc12.Cc1nc(N2CCN(CCO)CC2)nc2ncc(NC(=O)COc3ccc(C(F)(F)F)cc3)cc12. The molecule has 0 unspecified atom stereocenters. The molecule has 360 valence electrons. The maximum Gasteiger partial charge on any atom is 0.416 e. The Kier molecular flexibility index (Phi) is 15.3. The van der Waals surface area contributed by atoms with Gasteiger partial charge in [0.25, 0.3) is 11.8 Å². The van der Waals surface area contributed by atoms with Gasteiger partial charge >= 0.3 is 12.4 Å². The summed E-state index contributed by atoms with van der Waals surface area (Å²) >= 11 is 0. The highest BCUT2D eigenvalue weighted by atomic mass is 19.4. The third-order valence-corrected chi connectivity index (χ3v) is 11.0. The molecule has 2 aromatic carbocycles. The molecule has 17 nitrogen and oxygen atoms in total. The topological polar surface area (TPSA) is 187 Å². The van der Waals surface area contributed by atoms with E-state index in [1.165, 1.54) is 36.7 Å². The number of hydrogen-bond donors (Lipinski definition) is 3. The highest BCUT2D eigenvalue weighted by Crippen LogP contribution is 2.32. The Hall–Kier alpha value is -6.98. The molecule has 8 rings (SSSR count). The molecule has 0 bridgehead atoms. The van der Waals surface area contributed by atoms with E-state index in [0.29, 0.717) is 57.6 Å². The first kappa shape index (κ1) is 48.9. The zero-order chi connectivity index (χ0) is 48.6. The molecular formula is C45H48F6N12O5. The second kappa shape index (κ2) is 21.3. The highest BCUT2D eigenvalue weighted by molar-refractivity contribution is 5.95. The summed E-state index contributed by atoms with van der Waals surface area (Å²) in [5.41, 5.74) is 1.81. The van der Waals surface area contributed by atoms with E-state index < -0.39 is 35.3 Å². The number of anilines is 4. The number of halogens is 6. The number of alkyl halides is 6. The van der Waals surface area contributed by atoms with Crippen LogP contribution in [0.3, 0.4) is 0 Å². The zero-order valence-corrected chi connectivity index (χ0v) is 37.2. The molecule has 0 spiro atoms. The summed E-state index contributed by atoms with van der Waals surface area (Å²) < 4.78 is 86.3. The van der Waals surface area contributed by atoms with Crippen LogP contribution in [0.1, 0.15) is 22.5 Å². The summed E-state index contributed by atoms with van der Waals surface area (Å²) in [4.78, 5) is 60.2. The number of hydrogen-bond acceptors (Lipinski definition) is 15. The fourth-order valence-electron chi connectivity index (χ4n) is 7.20. The normalized spacial score (nSPS) is 14.9. The fourth-order valence-corrected chi connectivity index (χ4v) is 7.20. The number of carbonyl (C=O) groups is 2. The third kappa shape index (κ3) is 12.9. The molecule has 4 aromatic heterocycles. The molecule has 6 aromatic rings. The minimum Gasteiger partial charge on any atom is -0.484 e. The van der Waals surface area contributed by atoms with Gasteiger partial charge in [0.15, 0.2) is 24.5 Å². The molecule has 3 N–H and O–H groups in total. The largest absolute Gasteiger partial charge is 0.484 e. The number of amides is 2. The van der Waals surface area contributed by atoms with E-state index in [1.54, 1.807) is 12.1 Å². The second-order valence-corrected chi connectivity index (χ2v) is 16.0. The lowest BCUT2D eigenvalue weighted by atomic mass is 10.2. The average molecular weight is 951 g/mol. The summed E-state index contributed by atoms with van der Waals surface area (Å²) in [5, 5.41) is 15.8. The summed E-state index contributed by atoms with van der Waals surface area (Å²) in [6, 6.07) is 11.7. The van der Waals surface area contributed by atoms with Crippen molar-refractivity contribution in [2.75, 3.05) is 106 Å². The van der Waals surface area contributed by atoms with Crippen molar-refractivity contribution in [2.24, 2.45) is 0 Å². The van der Waals surface area contributed by atoms with Crippen LogP contribution in [0.25, 0.3) is 22.1 Å². The van der Waals surface area contributed by atoms with Crippen LogP contribution in [0.4, 0.5) is 49.6 Å². The maximum atomic E-state index is 12.6. The van der Waals surface area contributed by atoms with Crippen LogP contribution in [0, 0.1) is 13.8 Å². The molecule has 2 fully saturated rings. The van der Waals surface area contributed by atoms with Crippen LogP contribution in [0.2, 0.25) is 0 Å². The first-order valence-electron chi connectivity index (χ1n) is 21.4. The van der Waals surface area contributed by atoms with Gasteiger partial charge in [-0.3, -0.25) is 14.5 Å². The highest BCUT2D eigenvalue weighted by Gasteiger charge is 2.31. The van der Waals surface area contributed by atoms with Crippen LogP contribution < -0.4 is 29.9 Å². The van der Waals surface area contributed by atoms with Gasteiger partial charge in [0.1, 0.15) is 11.5 Å². The van der Waals surface area contributed by atoms with Crippen LogP contribution in [-0.4, -0.2) is 142 Å².